The normalized spacial score (nSPS) is 12.1. The number of benzene rings is 2. The van der Waals surface area contributed by atoms with Gasteiger partial charge in [0.2, 0.25) is 0 Å². The number of hydrogen-bond donors (Lipinski definition) is 1. The molecule has 2 aromatic carbocycles. The zero-order valence-corrected chi connectivity index (χ0v) is 11.3. The first-order valence-corrected chi connectivity index (χ1v) is 6.60. The van der Waals surface area contributed by atoms with Crippen molar-refractivity contribution in [1.82, 2.24) is 0 Å². The molecule has 0 saturated carbocycles. The fourth-order valence-electron chi connectivity index (χ4n) is 1.94. The van der Waals surface area contributed by atoms with Crippen LogP contribution in [0.2, 0.25) is 5.02 Å². The molecule has 2 N–H and O–H groups in total. The molecule has 0 saturated heterocycles. The maximum absolute atomic E-state index is 12.1. The molecule has 1 unspecified atom stereocenters. The molecule has 0 aromatic heterocycles. The molecule has 0 aliphatic heterocycles. The minimum atomic E-state index is -0.487. The van der Waals surface area contributed by atoms with Crippen molar-refractivity contribution in [2.45, 2.75) is 18.9 Å². The van der Waals surface area contributed by atoms with Gasteiger partial charge >= 0.3 is 0 Å². The van der Waals surface area contributed by atoms with Crippen LogP contribution in [-0.2, 0) is 17.6 Å². The van der Waals surface area contributed by atoms with Gasteiger partial charge < -0.3 is 5.73 Å². The topological polar surface area (TPSA) is 43.1 Å². The molecule has 0 spiro atoms. The molecule has 0 aliphatic rings. The van der Waals surface area contributed by atoms with E-state index in [0.717, 1.165) is 11.1 Å². The number of halogens is 1. The van der Waals surface area contributed by atoms with Crippen molar-refractivity contribution >= 4 is 17.4 Å². The summed E-state index contributed by atoms with van der Waals surface area (Å²) in [6, 6.07) is 16.7. The number of Topliss-reactive ketones (excluding diaryl/α,β-unsaturated/α-hetero) is 1. The minimum Gasteiger partial charge on any atom is -0.321 e. The SMILES string of the molecule is NC(Cc1ccccc1)C(=O)Cc1ccccc1Cl. The first kappa shape index (κ1) is 13.8. The van der Waals surface area contributed by atoms with Crippen molar-refractivity contribution in [3.8, 4) is 0 Å². The van der Waals surface area contributed by atoms with Crippen LogP contribution in [0.5, 0.6) is 0 Å². The molecule has 0 aliphatic carbocycles. The average Bonchev–Trinajstić information content (AvgIpc) is 2.42. The summed E-state index contributed by atoms with van der Waals surface area (Å²) >= 11 is 6.04. The van der Waals surface area contributed by atoms with Crippen LogP contribution >= 0.6 is 11.6 Å². The molecular formula is C16H16ClNO. The van der Waals surface area contributed by atoms with E-state index in [1.807, 2.05) is 48.5 Å². The molecule has 2 aromatic rings. The number of carbonyl (C=O) groups excluding carboxylic acids is 1. The molecule has 0 amide bonds. The van der Waals surface area contributed by atoms with Gasteiger partial charge in [0, 0.05) is 11.4 Å². The van der Waals surface area contributed by atoms with Crippen molar-refractivity contribution in [3.05, 3.63) is 70.7 Å². The summed E-state index contributed by atoms with van der Waals surface area (Å²) in [5.74, 6) is 0.0111. The standard InChI is InChI=1S/C16H16ClNO/c17-14-9-5-4-8-13(14)11-16(19)15(18)10-12-6-2-1-3-7-12/h1-9,15H,10-11,18H2. The number of carbonyl (C=O) groups is 1. The summed E-state index contributed by atoms with van der Waals surface area (Å²) in [6.07, 6.45) is 0.845. The van der Waals surface area contributed by atoms with Gasteiger partial charge in [0.05, 0.1) is 6.04 Å². The maximum Gasteiger partial charge on any atom is 0.154 e. The van der Waals surface area contributed by atoms with Gasteiger partial charge in [0.25, 0.3) is 0 Å². The van der Waals surface area contributed by atoms with E-state index in [-0.39, 0.29) is 12.2 Å². The summed E-state index contributed by atoms with van der Waals surface area (Å²) in [6.45, 7) is 0. The highest BCUT2D eigenvalue weighted by atomic mass is 35.5. The lowest BCUT2D eigenvalue weighted by Gasteiger charge is -2.11. The predicted octanol–water partition coefficient (Wildman–Crippen LogP) is 3.02. The Labute approximate surface area is 118 Å². The van der Waals surface area contributed by atoms with Crippen molar-refractivity contribution < 1.29 is 4.79 Å². The second-order valence-electron chi connectivity index (χ2n) is 4.53. The van der Waals surface area contributed by atoms with Crippen molar-refractivity contribution in [1.29, 1.82) is 0 Å². The van der Waals surface area contributed by atoms with Crippen LogP contribution in [0, 0.1) is 0 Å². The third kappa shape index (κ3) is 3.91. The Morgan fingerprint density at radius 2 is 1.68 bits per heavy atom. The van der Waals surface area contributed by atoms with E-state index in [9.17, 15) is 4.79 Å². The fraction of sp³-hybridized carbons (Fsp3) is 0.188. The van der Waals surface area contributed by atoms with Crippen LogP contribution in [0.4, 0.5) is 0 Å². The lowest BCUT2D eigenvalue weighted by molar-refractivity contribution is -0.119. The lowest BCUT2D eigenvalue weighted by atomic mass is 9.98. The van der Waals surface area contributed by atoms with Crippen LogP contribution in [0.3, 0.4) is 0 Å². The average molecular weight is 274 g/mol. The van der Waals surface area contributed by atoms with E-state index in [1.165, 1.54) is 0 Å². The Morgan fingerprint density at radius 1 is 1.05 bits per heavy atom. The number of ketones is 1. The molecule has 1 atom stereocenters. The van der Waals surface area contributed by atoms with Gasteiger partial charge in [-0.1, -0.05) is 60.1 Å². The first-order valence-electron chi connectivity index (χ1n) is 6.22. The zero-order chi connectivity index (χ0) is 13.7. The Kier molecular flexibility index (Phi) is 4.72. The molecule has 98 valence electrons. The Bertz CT molecular complexity index is 554. The van der Waals surface area contributed by atoms with Gasteiger partial charge in [-0.05, 0) is 23.6 Å². The molecule has 0 bridgehead atoms. The van der Waals surface area contributed by atoms with Crippen LogP contribution in [0.1, 0.15) is 11.1 Å². The summed E-state index contributed by atoms with van der Waals surface area (Å²) in [5, 5.41) is 0.614. The highest BCUT2D eigenvalue weighted by Gasteiger charge is 2.15. The first-order chi connectivity index (χ1) is 9.16. The van der Waals surface area contributed by atoms with Gasteiger partial charge in [0.15, 0.2) is 5.78 Å². The van der Waals surface area contributed by atoms with E-state index in [0.29, 0.717) is 11.4 Å². The van der Waals surface area contributed by atoms with E-state index in [4.69, 9.17) is 17.3 Å². The largest absolute Gasteiger partial charge is 0.321 e. The molecular weight excluding hydrogens is 258 g/mol. The number of nitrogens with two attached hydrogens (primary N) is 1. The molecule has 0 fully saturated rings. The second kappa shape index (κ2) is 6.50. The Morgan fingerprint density at radius 3 is 2.37 bits per heavy atom. The molecule has 2 rings (SSSR count). The van der Waals surface area contributed by atoms with Gasteiger partial charge in [-0.2, -0.15) is 0 Å². The Balaban J connectivity index is 1.99. The Hall–Kier alpha value is -1.64. The molecule has 0 radical (unpaired) electrons. The van der Waals surface area contributed by atoms with Gasteiger partial charge in [-0.15, -0.1) is 0 Å². The van der Waals surface area contributed by atoms with E-state index in [1.54, 1.807) is 6.07 Å². The quantitative estimate of drug-likeness (QED) is 0.910. The van der Waals surface area contributed by atoms with Crippen molar-refractivity contribution in [2.24, 2.45) is 5.73 Å². The van der Waals surface area contributed by atoms with Gasteiger partial charge in [0.1, 0.15) is 0 Å². The van der Waals surface area contributed by atoms with Crippen LogP contribution < -0.4 is 5.73 Å². The third-order valence-electron chi connectivity index (χ3n) is 3.03. The minimum absolute atomic E-state index is 0.0111. The summed E-state index contributed by atoms with van der Waals surface area (Å²) < 4.78 is 0. The molecule has 2 nitrogen and oxygen atoms in total. The number of rotatable bonds is 5. The highest BCUT2D eigenvalue weighted by Crippen LogP contribution is 2.16. The highest BCUT2D eigenvalue weighted by molar-refractivity contribution is 6.31. The van der Waals surface area contributed by atoms with Crippen LogP contribution in [-0.4, -0.2) is 11.8 Å². The van der Waals surface area contributed by atoms with Gasteiger partial charge in [-0.25, -0.2) is 0 Å². The molecule has 3 heteroatoms. The zero-order valence-electron chi connectivity index (χ0n) is 10.6. The van der Waals surface area contributed by atoms with E-state index in [2.05, 4.69) is 0 Å². The van der Waals surface area contributed by atoms with Crippen molar-refractivity contribution in [3.63, 3.8) is 0 Å². The predicted molar refractivity (Wildman–Crippen MR) is 78.3 cm³/mol. The van der Waals surface area contributed by atoms with Crippen LogP contribution in [0.25, 0.3) is 0 Å². The third-order valence-corrected chi connectivity index (χ3v) is 3.40. The molecule has 19 heavy (non-hydrogen) atoms. The smallest absolute Gasteiger partial charge is 0.154 e. The lowest BCUT2D eigenvalue weighted by Crippen LogP contribution is -2.34. The second-order valence-corrected chi connectivity index (χ2v) is 4.94. The molecule has 0 heterocycles. The summed E-state index contributed by atoms with van der Waals surface area (Å²) in [7, 11) is 0. The number of hydrogen-bond acceptors (Lipinski definition) is 2. The van der Waals surface area contributed by atoms with Gasteiger partial charge in [-0.3, -0.25) is 4.79 Å². The monoisotopic (exact) mass is 273 g/mol. The van der Waals surface area contributed by atoms with E-state index >= 15 is 0 Å². The summed E-state index contributed by atoms with van der Waals surface area (Å²) in [4.78, 5) is 12.1. The fourth-order valence-corrected chi connectivity index (χ4v) is 2.14. The van der Waals surface area contributed by atoms with E-state index < -0.39 is 6.04 Å². The van der Waals surface area contributed by atoms with Crippen molar-refractivity contribution in [2.75, 3.05) is 0 Å². The van der Waals surface area contributed by atoms with Crippen LogP contribution in [0.15, 0.2) is 54.6 Å². The summed E-state index contributed by atoms with van der Waals surface area (Å²) in [5.41, 5.74) is 7.86. The maximum atomic E-state index is 12.1.